The van der Waals surface area contributed by atoms with Crippen LogP contribution in [0.2, 0.25) is 0 Å². The Hall–Kier alpha value is -2.01. The van der Waals surface area contributed by atoms with Gasteiger partial charge in [0.1, 0.15) is 0 Å². The molecule has 1 saturated heterocycles. The van der Waals surface area contributed by atoms with E-state index >= 15 is 0 Å². The van der Waals surface area contributed by atoms with Crippen LogP contribution in [0.25, 0.3) is 0 Å². The number of guanidine groups is 1. The molecule has 2 heterocycles. The number of hydrogen-bond acceptors (Lipinski definition) is 3. The first-order valence-corrected chi connectivity index (χ1v) is 8.73. The molecular weight excluding hydrogens is 300 g/mol. The van der Waals surface area contributed by atoms with Crippen LogP contribution in [-0.2, 0) is 11.3 Å². The fourth-order valence-electron chi connectivity index (χ4n) is 3.46. The van der Waals surface area contributed by atoms with Crippen molar-refractivity contribution in [2.45, 2.75) is 13.0 Å². The summed E-state index contributed by atoms with van der Waals surface area (Å²) in [5.41, 5.74) is 2.57. The highest BCUT2D eigenvalue weighted by atomic mass is 16.5. The molecule has 5 heteroatoms. The molecule has 0 spiro atoms. The first-order chi connectivity index (χ1) is 11.8. The fourth-order valence-corrected chi connectivity index (χ4v) is 3.46. The third kappa shape index (κ3) is 4.09. The van der Waals surface area contributed by atoms with E-state index in [0.29, 0.717) is 5.92 Å². The van der Waals surface area contributed by atoms with Crippen molar-refractivity contribution >= 4 is 11.6 Å². The summed E-state index contributed by atoms with van der Waals surface area (Å²) in [6.45, 7) is 5.72. The van der Waals surface area contributed by atoms with Gasteiger partial charge in [0.2, 0.25) is 0 Å². The third-order valence-corrected chi connectivity index (χ3v) is 4.74. The Morgan fingerprint density at radius 2 is 2.17 bits per heavy atom. The number of anilines is 1. The zero-order chi connectivity index (χ0) is 16.8. The normalized spacial score (nSPS) is 20.9. The van der Waals surface area contributed by atoms with Gasteiger partial charge in [-0.3, -0.25) is 4.99 Å². The standard InChI is InChI=1S/C19H28N4O/c1-20-19(23-11-8-17(14-23)15-24-2)21-13-16-6-5-7-18(12-16)22-9-3-4-10-22/h3-7,12,17H,8-11,13-15H2,1-2H3,(H,20,21). The van der Waals surface area contributed by atoms with Crippen LogP contribution < -0.4 is 10.2 Å². The third-order valence-electron chi connectivity index (χ3n) is 4.74. The average Bonchev–Trinajstić information content (AvgIpc) is 3.28. The van der Waals surface area contributed by atoms with Gasteiger partial charge in [-0.15, -0.1) is 0 Å². The highest BCUT2D eigenvalue weighted by Crippen LogP contribution is 2.19. The number of rotatable bonds is 5. The Labute approximate surface area is 145 Å². The quantitative estimate of drug-likeness (QED) is 0.510. The van der Waals surface area contributed by atoms with Gasteiger partial charge in [-0.05, 0) is 24.1 Å². The highest BCUT2D eigenvalue weighted by molar-refractivity contribution is 5.80. The first-order valence-electron chi connectivity index (χ1n) is 8.73. The molecule has 0 saturated carbocycles. The van der Waals surface area contributed by atoms with Crippen LogP contribution in [-0.4, -0.2) is 57.8 Å². The molecule has 1 aromatic rings. The Bertz CT molecular complexity index is 591. The Kier molecular flexibility index (Phi) is 5.75. The predicted octanol–water partition coefficient (Wildman–Crippen LogP) is 2.11. The van der Waals surface area contributed by atoms with E-state index in [0.717, 1.165) is 45.3 Å². The zero-order valence-electron chi connectivity index (χ0n) is 14.7. The molecule has 1 aromatic carbocycles. The topological polar surface area (TPSA) is 40.1 Å². The largest absolute Gasteiger partial charge is 0.384 e. The molecule has 1 atom stereocenters. The minimum atomic E-state index is 0.611. The smallest absolute Gasteiger partial charge is 0.193 e. The van der Waals surface area contributed by atoms with Gasteiger partial charge < -0.3 is 19.9 Å². The Balaban J connectivity index is 1.55. The molecule has 0 radical (unpaired) electrons. The number of nitrogens with zero attached hydrogens (tertiary/aromatic N) is 3. The second-order valence-corrected chi connectivity index (χ2v) is 6.50. The van der Waals surface area contributed by atoms with Gasteiger partial charge in [-0.25, -0.2) is 0 Å². The summed E-state index contributed by atoms with van der Waals surface area (Å²) < 4.78 is 5.28. The van der Waals surface area contributed by atoms with E-state index in [4.69, 9.17) is 4.74 Å². The molecule has 0 aromatic heterocycles. The molecule has 5 nitrogen and oxygen atoms in total. The fraction of sp³-hybridized carbons (Fsp3) is 0.526. The lowest BCUT2D eigenvalue weighted by Gasteiger charge is -2.22. The number of methoxy groups -OCH3 is 1. The lowest BCUT2D eigenvalue weighted by Crippen LogP contribution is -2.39. The van der Waals surface area contributed by atoms with Gasteiger partial charge in [0.15, 0.2) is 5.96 Å². The molecule has 2 aliphatic heterocycles. The zero-order valence-corrected chi connectivity index (χ0v) is 14.7. The number of hydrogen-bond donors (Lipinski definition) is 1. The number of nitrogens with one attached hydrogen (secondary N) is 1. The molecule has 0 bridgehead atoms. The maximum absolute atomic E-state index is 5.28. The molecule has 130 valence electrons. The first kappa shape index (κ1) is 16.8. The second kappa shape index (κ2) is 8.20. The highest BCUT2D eigenvalue weighted by Gasteiger charge is 2.24. The molecule has 24 heavy (non-hydrogen) atoms. The van der Waals surface area contributed by atoms with Crippen molar-refractivity contribution in [1.82, 2.24) is 10.2 Å². The number of benzene rings is 1. The van der Waals surface area contributed by atoms with Gasteiger partial charge in [0.25, 0.3) is 0 Å². The minimum absolute atomic E-state index is 0.611. The monoisotopic (exact) mass is 328 g/mol. The summed E-state index contributed by atoms with van der Waals surface area (Å²) in [4.78, 5) is 9.15. The molecule has 3 rings (SSSR count). The summed E-state index contributed by atoms with van der Waals surface area (Å²) in [6, 6.07) is 8.76. The molecule has 2 aliphatic rings. The van der Waals surface area contributed by atoms with Crippen molar-refractivity contribution in [3.05, 3.63) is 42.0 Å². The molecule has 1 fully saturated rings. The Morgan fingerprint density at radius 1 is 1.33 bits per heavy atom. The van der Waals surface area contributed by atoms with E-state index in [9.17, 15) is 0 Å². The molecular formula is C19H28N4O. The lowest BCUT2D eigenvalue weighted by molar-refractivity contribution is 0.157. The van der Waals surface area contributed by atoms with E-state index in [1.807, 2.05) is 7.05 Å². The van der Waals surface area contributed by atoms with Crippen molar-refractivity contribution in [1.29, 1.82) is 0 Å². The van der Waals surface area contributed by atoms with Gasteiger partial charge in [0, 0.05) is 58.5 Å². The molecule has 0 amide bonds. The maximum Gasteiger partial charge on any atom is 0.193 e. The van der Waals surface area contributed by atoms with E-state index in [2.05, 4.69) is 56.5 Å². The van der Waals surface area contributed by atoms with Gasteiger partial charge in [-0.2, -0.15) is 0 Å². The molecule has 1 N–H and O–H groups in total. The molecule has 1 unspecified atom stereocenters. The van der Waals surface area contributed by atoms with Crippen LogP contribution in [0, 0.1) is 5.92 Å². The maximum atomic E-state index is 5.28. The number of ether oxygens (including phenoxy) is 1. The average molecular weight is 328 g/mol. The minimum Gasteiger partial charge on any atom is -0.384 e. The van der Waals surface area contributed by atoms with Crippen LogP contribution in [0.4, 0.5) is 5.69 Å². The summed E-state index contributed by atoms with van der Waals surface area (Å²) in [5.74, 6) is 1.60. The van der Waals surface area contributed by atoms with Crippen LogP contribution in [0.15, 0.2) is 41.4 Å². The van der Waals surface area contributed by atoms with E-state index in [-0.39, 0.29) is 0 Å². The van der Waals surface area contributed by atoms with Crippen LogP contribution in [0.5, 0.6) is 0 Å². The van der Waals surface area contributed by atoms with Crippen LogP contribution in [0.1, 0.15) is 12.0 Å². The van der Waals surface area contributed by atoms with Gasteiger partial charge in [-0.1, -0.05) is 24.3 Å². The van der Waals surface area contributed by atoms with Crippen molar-refractivity contribution < 1.29 is 4.74 Å². The van der Waals surface area contributed by atoms with Crippen molar-refractivity contribution in [3.8, 4) is 0 Å². The summed E-state index contributed by atoms with van der Waals surface area (Å²) in [6.07, 6.45) is 5.61. The second-order valence-electron chi connectivity index (χ2n) is 6.50. The van der Waals surface area contributed by atoms with Crippen molar-refractivity contribution in [2.75, 3.05) is 51.8 Å². The van der Waals surface area contributed by atoms with Crippen molar-refractivity contribution in [2.24, 2.45) is 10.9 Å². The summed E-state index contributed by atoms with van der Waals surface area (Å²) >= 11 is 0. The summed E-state index contributed by atoms with van der Waals surface area (Å²) in [7, 11) is 3.64. The van der Waals surface area contributed by atoms with Gasteiger partial charge in [0.05, 0.1) is 6.61 Å². The number of aliphatic imine (C=N–C) groups is 1. The van der Waals surface area contributed by atoms with Gasteiger partial charge >= 0.3 is 0 Å². The summed E-state index contributed by atoms with van der Waals surface area (Å²) in [5, 5.41) is 3.51. The lowest BCUT2D eigenvalue weighted by atomic mass is 10.1. The number of likely N-dealkylation sites (tertiary alicyclic amines) is 1. The van der Waals surface area contributed by atoms with E-state index in [1.54, 1.807) is 7.11 Å². The SMILES string of the molecule is CN=C(NCc1cccc(N2CC=CC2)c1)N1CCC(COC)C1. The van der Waals surface area contributed by atoms with E-state index < -0.39 is 0 Å². The van der Waals surface area contributed by atoms with E-state index in [1.165, 1.54) is 17.7 Å². The van der Waals surface area contributed by atoms with Crippen molar-refractivity contribution in [3.63, 3.8) is 0 Å². The predicted molar refractivity (Wildman–Crippen MR) is 99.5 cm³/mol. The van der Waals surface area contributed by atoms with Crippen LogP contribution in [0.3, 0.4) is 0 Å². The molecule has 0 aliphatic carbocycles. The van der Waals surface area contributed by atoms with Crippen LogP contribution >= 0.6 is 0 Å². The Morgan fingerprint density at radius 3 is 2.92 bits per heavy atom.